The average molecular weight is 228 g/mol. The van der Waals surface area contributed by atoms with Crippen molar-refractivity contribution in [1.29, 1.82) is 0 Å². The predicted molar refractivity (Wildman–Crippen MR) is 65.6 cm³/mol. The molecule has 0 saturated carbocycles. The third kappa shape index (κ3) is 2.08. The van der Waals surface area contributed by atoms with Crippen molar-refractivity contribution >= 4 is 0 Å². The first-order valence-corrected chi connectivity index (χ1v) is 6.03. The fourth-order valence-electron chi connectivity index (χ4n) is 2.32. The number of nitrogens with two attached hydrogens (primary N) is 1. The van der Waals surface area contributed by atoms with E-state index in [1.54, 1.807) is 0 Å². The van der Waals surface area contributed by atoms with E-state index in [0.717, 1.165) is 37.5 Å². The van der Waals surface area contributed by atoms with E-state index < -0.39 is 0 Å². The number of hydrogen-bond donors (Lipinski definition) is 1. The highest BCUT2D eigenvalue weighted by Gasteiger charge is 2.20. The van der Waals surface area contributed by atoms with Crippen molar-refractivity contribution in [1.82, 2.24) is 14.8 Å². The van der Waals surface area contributed by atoms with Gasteiger partial charge in [0.25, 0.3) is 0 Å². The molecule has 17 heavy (non-hydrogen) atoms. The average Bonchev–Trinajstić information content (AvgIpc) is 2.73. The Hall–Kier alpha value is -1.68. The van der Waals surface area contributed by atoms with Gasteiger partial charge in [0.2, 0.25) is 0 Å². The molecule has 1 unspecified atom stereocenters. The highest BCUT2D eigenvalue weighted by Crippen LogP contribution is 2.16. The van der Waals surface area contributed by atoms with Gasteiger partial charge in [-0.25, -0.2) is 0 Å². The van der Waals surface area contributed by atoms with Gasteiger partial charge in [0.1, 0.15) is 11.6 Å². The van der Waals surface area contributed by atoms with Crippen LogP contribution in [0, 0.1) is 0 Å². The summed E-state index contributed by atoms with van der Waals surface area (Å²) < 4.78 is 2.22. The van der Waals surface area contributed by atoms with E-state index in [4.69, 9.17) is 5.73 Å². The topological polar surface area (TPSA) is 56.7 Å². The molecule has 2 aromatic rings. The number of benzene rings is 1. The van der Waals surface area contributed by atoms with E-state index in [2.05, 4.69) is 39.0 Å². The molecule has 0 radical (unpaired) electrons. The minimum Gasteiger partial charge on any atom is -0.327 e. The lowest BCUT2D eigenvalue weighted by Crippen LogP contribution is -2.31. The molecule has 0 aliphatic carbocycles. The largest absolute Gasteiger partial charge is 0.327 e. The summed E-state index contributed by atoms with van der Waals surface area (Å²) in [4.78, 5) is 0. The second-order valence-corrected chi connectivity index (χ2v) is 4.60. The zero-order chi connectivity index (χ0) is 11.7. The fourth-order valence-corrected chi connectivity index (χ4v) is 2.32. The smallest absolute Gasteiger partial charge is 0.137 e. The van der Waals surface area contributed by atoms with Crippen molar-refractivity contribution in [2.24, 2.45) is 5.73 Å². The normalized spacial score (nSPS) is 19.0. The first kappa shape index (κ1) is 10.5. The van der Waals surface area contributed by atoms with E-state index in [1.165, 1.54) is 5.56 Å². The molecule has 0 fully saturated rings. The molecule has 1 aromatic heterocycles. The van der Waals surface area contributed by atoms with Crippen LogP contribution in [-0.4, -0.2) is 20.8 Å². The van der Waals surface area contributed by atoms with Gasteiger partial charge in [-0.2, -0.15) is 0 Å². The lowest BCUT2D eigenvalue weighted by atomic mass is 10.1. The van der Waals surface area contributed by atoms with Crippen molar-refractivity contribution < 1.29 is 0 Å². The van der Waals surface area contributed by atoms with Crippen LogP contribution in [0.15, 0.2) is 30.3 Å². The number of hydrogen-bond acceptors (Lipinski definition) is 3. The van der Waals surface area contributed by atoms with Gasteiger partial charge < -0.3 is 10.3 Å². The molecule has 2 heterocycles. The summed E-state index contributed by atoms with van der Waals surface area (Å²) in [5.41, 5.74) is 7.21. The van der Waals surface area contributed by atoms with Gasteiger partial charge in [-0.1, -0.05) is 30.3 Å². The molecule has 0 spiro atoms. The van der Waals surface area contributed by atoms with E-state index in [0.29, 0.717) is 0 Å². The lowest BCUT2D eigenvalue weighted by molar-refractivity contribution is 0.455. The molecule has 4 heteroatoms. The van der Waals surface area contributed by atoms with Crippen molar-refractivity contribution in [3.63, 3.8) is 0 Å². The summed E-state index contributed by atoms with van der Waals surface area (Å²) in [6, 6.07) is 10.6. The third-order valence-electron chi connectivity index (χ3n) is 3.28. The van der Waals surface area contributed by atoms with Gasteiger partial charge in [0.15, 0.2) is 0 Å². The molecule has 0 amide bonds. The van der Waals surface area contributed by atoms with Crippen LogP contribution in [0.2, 0.25) is 0 Å². The summed E-state index contributed by atoms with van der Waals surface area (Å²) >= 11 is 0. The van der Waals surface area contributed by atoms with E-state index in [9.17, 15) is 0 Å². The summed E-state index contributed by atoms with van der Waals surface area (Å²) in [7, 11) is 0. The van der Waals surface area contributed by atoms with Gasteiger partial charge in [-0.15, -0.1) is 10.2 Å². The molecular weight excluding hydrogens is 212 g/mol. The Kier molecular flexibility index (Phi) is 2.65. The molecule has 3 rings (SSSR count). The Morgan fingerprint density at radius 1 is 1.24 bits per heavy atom. The van der Waals surface area contributed by atoms with Gasteiger partial charge in [0.05, 0.1) is 0 Å². The van der Waals surface area contributed by atoms with E-state index in [-0.39, 0.29) is 6.04 Å². The van der Waals surface area contributed by atoms with Gasteiger partial charge in [-0.05, 0) is 12.0 Å². The van der Waals surface area contributed by atoms with Crippen LogP contribution in [0.5, 0.6) is 0 Å². The molecule has 1 atom stereocenters. The van der Waals surface area contributed by atoms with Crippen molar-refractivity contribution in [2.75, 3.05) is 0 Å². The molecule has 1 aliphatic rings. The quantitative estimate of drug-likeness (QED) is 0.838. The second kappa shape index (κ2) is 4.30. The standard InChI is InChI=1S/C13H16N4/c14-11-6-7-17-12(15-16-13(17)9-11)8-10-4-2-1-3-5-10/h1-5,11H,6-9,14H2. The van der Waals surface area contributed by atoms with Crippen LogP contribution in [0.1, 0.15) is 23.6 Å². The Balaban J connectivity index is 1.85. The summed E-state index contributed by atoms with van der Waals surface area (Å²) in [5.74, 6) is 2.09. The molecule has 4 nitrogen and oxygen atoms in total. The minimum absolute atomic E-state index is 0.247. The third-order valence-corrected chi connectivity index (χ3v) is 3.28. The highest BCUT2D eigenvalue weighted by atomic mass is 15.3. The number of aromatic nitrogens is 3. The molecule has 1 aliphatic heterocycles. The SMILES string of the molecule is NC1CCn2c(Cc3ccccc3)nnc2C1. The Bertz CT molecular complexity index is 503. The summed E-state index contributed by atoms with van der Waals surface area (Å²) in [6.45, 7) is 0.950. The molecule has 0 saturated heterocycles. The second-order valence-electron chi connectivity index (χ2n) is 4.60. The predicted octanol–water partition coefficient (Wildman–Crippen LogP) is 1.14. The van der Waals surface area contributed by atoms with Crippen molar-refractivity contribution in [3.8, 4) is 0 Å². The number of nitrogens with zero attached hydrogens (tertiary/aromatic N) is 3. The van der Waals surface area contributed by atoms with Crippen LogP contribution in [0.25, 0.3) is 0 Å². The number of rotatable bonds is 2. The molecule has 88 valence electrons. The van der Waals surface area contributed by atoms with Crippen LogP contribution in [-0.2, 0) is 19.4 Å². The zero-order valence-corrected chi connectivity index (χ0v) is 9.71. The van der Waals surface area contributed by atoms with E-state index >= 15 is 0 Å². The highest BCUT2D eigenvalue weighted by molar-refractivity contribution is 5.19. The van der Waals surface area contributed by atoms with Crippen LogP contribution >= 0.6 is 0 Å². The lowest BCUT2D eigenvalue weighted by Gasteiger charge is -2.20. The van der Waals surface area contributed by atoms with E-state index in [1.807, 2.05) is 6.07 Å². The zero-order valence-electron chi connectivity index (χ0n) is 9.71. The van der Waals surface area contributed by atoms with Gasteiger partial charge >= 0.3 is 0 Å². The summed E-state index contributed by atoms with van der Waals surface area (Å²) in [5, 5.41) is 8.52. The minimum atomic E-state index is 0.247. The maximum atomic E-state index is 5.93. The summed E-state index contributed by atoms with van der Waals surface area (Å²) in [6.07, 6.45) is 2.72. The van der Waals surface area contributed by atoms with Crippen LogP contribution in [0.3, 0.4) is 0 Å². The molecular formula is C13H16N4. The maximum Gasteiger partial charge on any atom is 0.137 e. The Morgan fingerprint density at radius 2 is 2.06 bits per heavy atom. The number of fused-ring (bicyclic) bond motifs is 1. The maximum absolute atomic E-state index is 5.93. The fraction of sp³-hybridized carbons (Fsp3) is 0.385. The van der Waals surface area contributed by atoms with Crippen molar-refractivity contribution in [3.05, 3.63) is 47.5 Å². The van der Waals surface area contributed by atoms with Crippen molar-refractivity contribution in [2.45, 2.75) is 31.8 Å². The Morgan fingerprint density at radius 3 is 2.88 bits per heavy atom. The molecule has 2 N–H and O–H groups in total. The van der Waals surface area contributed by atoms with Gasteiger partial charge in [-0.3, -0.25) is 0 Å². The van der Waals surface area contributed by atoms with Crippen LogP contribution < -0.4 is 5.73 Å². The Labute approximate surface area is 100 Å². The monoisotopic (exact) mass is 228 g/mol. The molecule has 1 aromatic carbocycles. The first-order valence-electron chi connectivity index (χ1n) is 6.03. The first-order chi connectivity index (χ1) is 8.33. The van der Waals surface area contributed by atoms with Crippen LogP contribution in [0.4, 0.5) is 0 Å². The van der Waals surface area contributed by atoms with Gasteiger partial charge in [0, 0.05) is 25.4 Å². The molecule has 0 bridgehead atoms.